The van der Waals surface area contributed by atoms with Crippen LogP contribution in [0.2, 0.25) is 0 Å². The van der Waals surface area contributed by atoms with Crippen LogP contribution in [0.25, 0.3) is 0 Å². The van der Waals surface area contributed by atoms with Crippen LogP contribution in [0.15, 0.2) is 60.8 Å². The Kier molecular flexibility index (Phi) is 6.69. The number of nitrogens with zero attached hydrogens (tertiary/aromatic N) is 3. The van der Waals surface area contributed by atoms with Gasteiger partial charge in [-0.15, -0.1) is 0 Å². The average molecular weight is 408 g/mol. The lowest BCUT2D eigenvalue weighted by molar-refractivity contribution is -0.115. The highest BCUT2D eigenvalue weighted by atomic mass is 16.5. The molecule has 0 aliphatic rings. The molecule has 30 heavy (non-hydrogen) atoms. The lowest BCUT2D eigenvalue weighted by Crippen LogP contribution is -2.31. The van der Waals surface area contributed by atoms with Gasteiger partial charge in [-0.1, -0.05) is 18.2 Å². The number of carbonyl (C=O) groups excluding carboxylic acids is 2. The summed E-state index contributed by atoms with van der Waals surface area (Å²) in [5.74, 6) is 0.960. The first-order valence-corrected chi connectivity index (χ1v) is 9.51. The second-order valence-electron chi connectivity index (χ2n) is 6.56. The predicted molar refractivity (Wildman–Crippen MR) is 114 cm³/mol. The first-order chi connectivity index (χ1) is 14.5. The Bertz CT molecular complexity index is 1000. The third-order valence-corrected chi connectivity index (χ3v) is 4.33. The van der Waals surface area contributed by atoms with Gasteiger partial charge in [-0.05, 0) is 43.3 Å². The minimum absolute atomic E-state index is 0.0896. The summed E-state index contributed by atoms with van der Waals surface area (Å²) in [6.07, 6.45) is 1.38. The van der Waals surface area contributed by atoms with Gasteiger partial charge < -0.3 is 19.7 Å². The number of hydrogen-bond acceptors (Lipinski definition) is 6. The fraction of sp³-hybridized carbons (Fsp3) is 0.227. The minimum Gasteiger partial charge on any atom is -0.462 e. The molecule has 0 unspecified atom stereocenters. The van der Waals surface area contributed by atoms with Crippen LogP contribution in [-0.4, -0.2) is 41.9 Å². The summed E-state index contributed by atoms with van der Waals surface area (Å²) in [6.45, 7) is 2.05. The molecular formula is C22H24N4O4. The van der Waals surface area contributed by atoms with E-state index in [9.17, 15) is 9.59 Å². The summed E-state index contributed by atoms with van der Waals surface area (Å²) >= 11 is 0. The van der Waals surface area contributed by atoms with E-state index in [4.69, 9.17) is 9.47 Å². The fourth-order valence-corrected chi connectivity index (χ4v) is 2.82. The normalized spacial score (nSPS) is 10.4. The van der Waals surface area contributed by atoms with Crippen LogP contribution >= 0.6 is 0 Å². The lowest BCUT2D eigenvalue weighted by atomic mass is 10.2. The van der Waals surface area contributed by atoms with Gasteiger partial charge in [-0.25, -0.2) is 4.79 Å². The highest BCUT2D eigenvalue weighted by Gasteiger charge is 2.19. The fourth-order valence-electron chi connectivity index (χ4n) is 2.82. The van der Waals surface area contributed by atoms with Crippen molar-refractivity contribution in [2.45, 2.75) is 6.92 Å². The molecule has 2 aromatic carbocycles. The number of hydrogen-bond donors (Lipinski definition) is 1. The Morgan fingerprint density at radius 2 is 1.73 bits per heavy atom. The van der Waals surface area contributed by atoms with Crippen LogP contribution in [0.1, 0.15) is 17.3 Å². The molecule has 0 aliphatic carbocycles. The number of aromatic nitrogens is 2. The molecule has 3 aromatic rings. The zero-order chi connectivity index (χ0) is 21.5. The molecule has 0 bridgehead atoms. The molecule has 0 atom stereocenters. The number of rotatable bonds is 8. The lowest BCUT2D eigenvalue weighted by Gasteiger charge is -2.19. The number of anilines is 2. The molecule has 3 rings (SSSR count). The number of para-hydroxylation sites is 1. The summed E-state index contributed by atoms with van der Waals surface area (Å²) < 4.78 is 12.2. The van der Waals surface area contributed by atoms with Gasteiger partial charge in [0.25, 0.3) is 0 Å². The number of amides is 1. The Morgan fingerprint density at radius 1 is 1.07 bits per heavy atom. The largest absolute Gasteiger partial charge is 0.462 e. The van der Waals surface area contributed by atoms with Crippen molar-refractivity contribution in [3.05, 3.63) is 66.4 Å². The molecule has 8 heteroatoms. The summed E-state index contributed by atoms with van der Waals surface area (Å²) in [4.78, 5) is 26.3. The topological polar surface area (TPSA) is 85.7 Å². The van der Waals surface area contributed by atoms with Gasteiger partial charge in [-0.2, -0.15) is 5.10 Å². The van der Waals surface area contributed by atoms with E-state index in [1.807, 2.05) is 61.6 Å². The molecular weight excluding hydrogens is 384 g/mol. The average Bonchev–Trinajstić information content (AvgIpc) is 3.09. The predicted octanol–water partition coefficient (Wildman–Crippen LogP) is 3.46. The van der Waals surface area contributed by atoms with E-state index in [0.717, 1.165) is 11.4 Å². The van der Waals surface area contributed by atoms with E-state index in [0.29, 0.717) is 11.6 Å². The molecule has 1 N–H and O–H groups in total. The molecule has 0 spiro atoms. The third-order valence-electron chi connectivity index (χ3n) is 4.33. The van der Waals surface area contributed by atoms with E-state index in [1.54, 1.807) is 18.9 Å². The molecule has 0 fully saturated rings. The van der Waals surface area contributed by atoms with E-state index in [1.165, 1.54) is 10.9 Å². The summed E-state index contributed by atoms with van der Waals surface area (Å²) in [5, 5.41) is 6.77. The highest BCUT2D eigenvalue weighted by Crippen LogP contribution is 2.24. The molecule has 0 aliphatic heterocycles. The number of esters is 1. The van der Waals surface area contributed by atoms with E-state index < -0.39 is 5.97 Å². The van der Waals surface area contributed by atoms with Crippen LogP contribution in [0.3, 0.4) is 0 Å². The number of carbonyl (C=O) groups is 2. The van der Waals surface area contributed by atoms with Crippen molar-refractivity contribution < 1.29 is 19.1 Å². The van der Waals surface area contributed by atoms with Crippen molar-refractivity contribution >= 4 is 23.4 Å². The molecule has 0 saturated carbocycles. The monoisotopic (exact) mass is 408 g/mol. The van der Waals surface area contributed by atoms with Crippen LogP contribution < -0.4 is 15.0 Å². The third kappa shape index (κ3) is 5.16. The van der Waals surface area contributed by atoms with Gasteiger partial charge >= 0.3 is 5.97 Å². The maximum Gasteiger partial charge on any atom is 0.343 e. The molecule has 1 aromatic heterocycles. The number of benzene rings is 2. The second kappa shape index (κ2) is 9.60. The zero-order valence-electron chi connectivity index (χ0n) is 17.2. The Labute approximate surface area is 175 Å². The molecule has 8 nitrogen and oxygen atoms in total. The Hall–Kier alpha value is -3.81. The van der Waals surface area contributed by atoms with E-state index >= 15 is 0 Å². The van der Waals surface area contributed by atoms with Gasteiger partial charge in [0.05, 0.1) is 19.3 Å². The van der Waals surface area contributed by atoms with Gasteiger partial charge in [0.2, 0.25) is 5.91 Å². The maximum atomic E-state index is 12.5. The molecule has 156 valence electrons. The Balaban J connectivity index is 1.61. The molecule has 0 radical (unpaired) electrons. The standard InChI is InChI=1S/C22H24N4O4/c1-4-29-22(28)19-14-23-26(3)21(19)24-20(27)15-25(2)16-10-12-18(13-11-16)30-17-8-6-5-7-9-17/h5-14H,4,15H2,1-3H3,(H,24,27). The van der Waals surface area contributed by atoms with Crippen LogP contribution in [0.5, 0.6) is 11.5 Å². The van der Waals surface area contributed by atoms with Gasteiger partial charge in [0, 0.05) is 19.8 Å². The van der Waals surface area contributed by atoms with Gasteiger partial charge in [-0.3, -0.25) is 9.48 Å². The zero-order valence-corrected chi connectivity index (χ0v) is 17.2. The summed E-state index contributed by atoms with van der Waals surface area (Å²) in [5.41, 5.74) is 1.07. The Morgan fingerprint density at radius 3 is 2.40 bits per heavy atom. The molecule has 0 saturated heterocycles. The highest BCUT2D eigenvalue weighted by molar-refractivity contribution is 6.01. The van der Waals surface area contributed by atoms with Crippen LogP contribution in [0.4, 0.5) is 11.5 Å². The summed E-state index contributed by atoms with van der Waals surface area (Å²) in [7, 11) is 3.45. The van der Waals surface area contributed by atoms with Crippen molar-refractivity contribution in [2.24, 2.45) is 7.05 Å². The van der Waals surface area contributed by atoms with E-state index in [2.05, 4.69) is 10.4 Å². The van der Waals surface area contributed by atoms with Crippen molar-refractivity contribution in [3.63, 3.8) is 0 Å². The minimum atomic E-state index is -0.525. The number of ether oxygens (including phenoxy) is 2. The molecule has 1 amide bonds. The first kappa shape index (κ1) is 20.9. The van der Waals surface area contributed by atoms with E-state index in [-0.39, 0.29) is 24.6 Å². The van der Waals surface area contributed by atoms with Gasteiger partial charge in [0.15, 0.2) is 0 Å². The first-order valence-electron chi connectivity index (χ1n) is 9.51. The number of nitrogens with one attached hydrogen (secondary N) is 1. The van der Waals surface area contributed by atoms with Crippen molar-refractivity contribution in [1.29, 1.82) is 0 Å². The maximum absolute atomic E-state index is 12.5. The molecule has 1 heterocycles. The SMILES string of the molecule is CCOC(=O)c1cnn(C)c1NC(=O)CN(C)c1ccc(Oc2ccccc2)cc1. The number of likely N-dealkylation sites (N-methyl/N-ethyl adjacent to an activating group) is 1. The van der Waals surface area contributed by atoms with Crippen LogP contribution in [-0.2, 0) is 16.6 Å². The van der Waals surface area contributed by atoms with Crippen molar-refractivity contribution in [1.82, 2.24) is 9.78 Å². The van der Waals surface area contributed by atoms with Crippen LogP contribution in [0, 0.1) is 0 Å². The smallest absolute Gasteiger partial charge is 0.343 e. The van der Waals surface area contributed by atoms with Crippen molar-refractivity contribution in [3.8, 4) is 11.5 Å². The number of aryl methyl sites for hydroxylation is 1. The summed E-state index contributed by atoms with van der Waals surface area (Å²) in [6, 6.07) is 16.9. The van der Waals surface area contributed by atoms with Crippen molar-refractivity contribution in [2.75, 3.05) is 30.4 Å². The quantitative estimate of drug-likeness (QED) is 0.575. The van der Waals surface area contributed by atoms with Gasteiger partial charge in [0.1, 0.15) is 22.9 Å². The second-order valence-corrected chi connectivity index (χ2v) is 6.56.